The Morgan fingerprint density at radius 3 is 2.53 bits per heavy atom. The van der Waals surface area contributed by atoms with E-state index in [2.05, 4.69) is 62.5 Å². The molecule has 0 aliphatic rings. The van der Waals surface area contributed by atoms with Crippen molar-refractivity contribution < 1.29 is 0 Å². The van der Waals surface area contributed by atoms with Crippen LogP contribution in [0.2, 0.25) is 0 Å². The van der Waals surface area contributed by atoms with Crippen molar-refractivity contribution >= 4 is 11.3 Å². The zero-order chi connectivity index (χ0) is 12.3. The maximum atomic E-state index is 3.58. The molecule has 2 heteroatoms. The fourth-order valence-corrected chi connectivity index (χ4v) is 2.86. The van der Waals surface area contributed by atoms with Gasteiger partial charge in [-0.25, -0.2) is 0 Å². The Balaban J connectivity index is 1.98. The first-order chi connectivity index (χ1) is 8.16. The van der Waals surface area contributed by atoms with Crippen molar-refractivity contribution in [2.24, 2.45) is 0 Å². The molecule has 1 atom stereocenters. The molecule has 0 unspecified atom stereocenters. The second-order valence-electron chi connectivity index (χ2n) is 4.47. The van der Waals surface area contributed by atoms with Crippen molar-refractivity contribution in [3.63, 3.8) is 0 Å². The van der Waals surface area contributed by atoms with E-state index in [9.17, 15) is 0 Å². The lowest BCUT2D eigenvalue weighted by atomic mass is 10.0. The largest absolute Gasteiger partial charge is 0.305 e. The number of rotatable bonds is 4. The maximum absolute atomic E-state index is 3.58. The van der Waals surface area contributed by atoms with E-state index in [1.54, 1.807) is 0 Å². The van der Waals surface area contributed by atoms with Gasteiger partial charge in [-0.05, 0) is 44.0 Å². The number of hydrogen-bond donors (Lipinski definition) is 1. The molecule has 2 rings (SSSR count). The summed E-state index contributed by atoms with van der Waals surface area (Å²) in [6.07, 6.45) is 0. The van der Waals surface area contributed by atoms with Gasteiger partial charge in [0, 0.05) is 22.3 Å². The summed E-state index contributed by atoms with van der Waals surface area (Å²) in [4.78, 5) is 2.79. The summed E-state index contributed by atoms with van der Waals surface area (Å²) in [5.74, 6) is 0. The van der Waals surface area contributed by atoms with Gasteiger partial charge in [0.05, 0.1) is 0 Å². The van der Waals surface area contributed by atoms with E-state index in [1.807, 2.05) is 11.3 Å². The van der Waals surface area contributed by atoms with Crippen LogP contribution < -0.4 is 5.32 Å². The minimum absolute atomic E-state index is 0.401. The molecule has 1 N–H and O–H groups in total. The lowest BCUT2D eigenvalue weighted by Crippen LogP contribution is -2.18. The molecule has 90 valence electrons. The zero-order valence-electron chi connectivity index (χ0n) is 10.7. The zero-order valence-corrected chi connectivity index (χ0v) is 11.5. The molecular formula is C15H19NS. The van der Waals surface area contributed by atoms with Crippen molar-refractivity contribution in [2.45, 2.75) is 33.4 Å². The second-order valence-corrected chi connectivity index (χ2v) is 5.84. The van der Waals surface area contributed by atoms with Crippen LogP contribution in [0.25, 0.3) is 0 Å². The van der Waals surface area contributed by atoms with Crippen LogP contribution in [0.1, 0.15) is 33.8 Å². The molecule has 17 heavy (non-hydrogen) atoms. The highest BCUT2D eigenvalue weighted by atomic mass is 32.1. The fraction of sp³-hybridized carbons (Fsp3) is 0.333. The molecule has 2 aromatic rings. The standard InChI is InChI=1S/C15H19NS/c1-11-6-4-5-7-15(11)13(3)16-10-14-9-8-12(2)17-14/h4-9,13,16H,10H2,1-3H3/t13-/m0/s1. The number of thiophene rings is 1. The van der Waals surface area contributed by atoms with E-state index >= 15 is 0 Å². The van der Waals surface area contributed by atoms with Gasteiger partial charge in [-0.15, -0.1) is 11.3 Å². The molecular weight excluding hydrogens is 226 g/mol. The van der Waals surface area contributed by atoms with Gasteiger partial charge in [-0.1, -0.05) is 24.3 Å². The Hall–Kier alpha value is -1.12. The van der Waals surface area contributed by atoms with Crippen LogP contribution >= 0.6 is 11.3 Å². The van der Waals surface area contributed by atoms with Gasteiger partial charge < -0.3 is 5.32 Å². The van der Waals surface area contributed by atoms with E-state index in [1.165, 1.54) is 20.9 Å². The minimum Gasteiger partial charge on any atom is -0.305 e. The van der Waals surface area contributed by atoms with Gasteiger partial charge in [-0.3, -0.25) is 0 Å². The minimum atomic E-state index is 0.401. The van der Waals surface area contributed by atoms with Crippen LogP contribution in [0.3, 0.4) is 0 Å². The monoisotopic (exact) mass is 245 g/mol. The summed E-state index contributed by atoms with van der Waals surface area (Å²) >= 11 is 1.87. The number of nitrogens with one attached hydrogen (secondary N) is 1. The highest BCUT2D eigenvalue weighted by Crippen LogP contribution is 2.19. The van der Waals surface area contributed by atoms with Crippen LogP contribution in [0.4, 0.5) is 0 Å². The predicted octanol–water partition coefficient (Wildman–Crippen LogP) is 4.22. The summed E-state index contributed by atoms with van der Waals surface area (Å²) < 4.78 is 0. The third-order valence-electron chi connectivity index (χ3n) is 3.03. The van der Waals surface area contributed by atoms with Crippen LogP contribution in [-0.2, 0) is 6.54 Å². The second kappa shape index (κ2) is 5.48. The highest BCUT2D eigenvalue weighted by Gasteiger charge is 2.07. The van der Waals surface area contributed by atoms with Crippen molar-refractivity contribution in [1.82, 2.24) is 5.32 Å². The van der Waals surface area contributed by atoms with Gasteiger partial charge >= 0.3 is 0 Å². The molecule has 0 amide bonds. The van der Waals surface area contributed by atoms with Gasteiger partial charge in [0.25, 0.3) is 0 Å². The number of hydrogen-bond acceptors (Lipinski definition) is 2. The van der Waals surface area contributed by atoms with Crippen LogP contribution in [0.5, 0.6) is 0 Å². The average molecular weight is 245 g/mol. The Labute approximate surface area is 108 Å². The van der Waals surface area contributed by atoms with Crippen LogP contribution in [0.15, 0.2) is 36.4 Å². The molecule has 0 radical (unpaired) electrons. The molecule has 1 nitrogen and oxygen atoms in total. The highest BCUT2D eigenvalue weighted by molar-refractivity contribution is 7.11. The smallest absolute Gasteiger partial charge is 0.0305 e. The maximum Gasteiger partial charge on any atom is 0.0305 e. The molecule has 0 bridgehead atoms. The molecule has 0 fully saturated rings. The lowest BCUT2D eigenvalue weighted by Gasteiger charge is -2.15. The van der Waals surface area contributed by atoms with Crippen molar-refractivity contribution in [2.75, 3.05) is 0 Å². The molecule has 0 saturated carbocycles. The predicted molar refractivity (Wildman–Crippen MR) is 75.5 cm³/mol. The van der Waals surface area contributed by atoms with Crippen LogP contribution in [-0.4, -0.2) is 0 Å². The summed E-state index contributed by atoms with van der Waals surface area (Å²) in [6.45, 7) is 7.50. The van der Waals surface area contributed by atoms with Crippen molar-refractivity contribution in [3.8, 4) is 0 Å². The number of benzene rings is 1. The summed E-state index contributed by atoms with van der Waals surface area (Å²) in [5, 5.41) is 3.58. The summed E-state index contributed by atoms with van der Waals surface area (Å²) in [5.41, 5.74) is 2.75. The molecule has 1 aromatic heterocycles. The Morgan fingerprint density at radius 2 is 1.88 bits per heavy atom. The lowest BCUT2D eigenvalue weighted by molar-refractivity contribution is 0.576. The van der Waals surface area contributed by atoms with E-state index in [4.69, 9.17) is 0 Å². The molecule has 0 spiro atoms. The number of aryl methyl sites for hydroxylation is 2. The van der Waals surface area contributed by atoms with Gasteiger partial charge in [-0.2, -0.15) is 0 Å². The first-order valence-corrected chi connectivity index (χ1v) is 6.82. The first-order valence-electron chi connectivity index (χ1n) is 6.01. The third-order valence-corrected chi connectivity index (χ3v) is 4.03. The first kappa shape index (κ1) is 12.3. The molecule has 1 heterocycles. The van der Waals surface area contributed by atoms with E-state index in [-0.39, 0.29) is 0 Å². The van der Waals surface area contributed by atoms with Gasteiger partial charge in [0.2, 0.25) is 0 Å². The van der Waals surface area contributed by atoms with E-state index < -0.39 is 0 Å². The molecule has 0 aliphatic heterocycles. The van der Waals surface area contributed by atoms with E-state index in [0.29, 0.717) is 6.04 Å². The normalized spacial score (nSPS) is 12.6. The average Bonchev–Trinajstić information content (AvgIpc) is 2.73. The summed E-state index contributed by atoms with van der Waals surface area (Å²) in [7, 11) is 0. The Kier molecular flexibility index (Phi) is 3.97. The van der Waals surface area contributed by atoms with Crippen LogP contribution in [0, 0.1) is 13.8 Å². The quantitative estimate of drug-likeness (QED) is 0.850. The Bertz CT molecular complexity index is 487. The third kappa shape index (κ3) is 3.18. The SMILES string of the molecule is Cc1ccc(CN[C@@H](C)c2ccccc2C)s1. The molecule has 0 saturated heterocycles. The van der Waals surface area contributed by atoms with Gasteiger partial charge in [0.15, 0.2) is 0 Å². The van der Waals surface area contributed by atoms with Crippen molar-refractivity contribution in [3.05, 3.63) is 57.3 Å². The van der Waals surface area contributed by atoms with Gasteiger partial charge in [0.1, 0.15) is 0 Å². The Morgan fingerprint density at radius 1 is 1.12 bits per heavy atom. The molecule has 0 aliphatic carbocycles. The van der Waals surface area contributed by atoms with Crippen molar-refractivity contribution in [1.29, 1.82) is 0 Å². The fourth-order valence-electron chi connectivity index (χ4n) is 2.02. The van der Waals surface area contributed by atoms with E-state index in [0.717, 1.165) is 6.54 Å². The topological polar surface area (TPSA) is 12.0 Å². The summed E-state index contributed by atoms with van der Waals surface area (Å²) in [6, 6.07) is 13.4. The molecule has 1 aromatic carbocycles.